The minimum atomic E-state index is 0. The third kappa shape index (κ3) is 4.02. The van der Waals surface area contributed by atoms with Crippen LogP contribution in [0.2, 0.25) is 0 Å². The number of carbonyl (C=O) groups is 1. The summed E-state index contributed by atoms with van der Waals surface area (Å²) in [5, 5.41) is 0. The van der Waals surface area contributed by atoms with Crippen molar-refractivity contribution in [1.29, 1.82) is 0 Å². The first-order chi connectivity index (χ1) is 5.11. The number of rotatable bonds is 4. The topological polar surface area (TPSA) is 20.3 Å². The minimum absolute atomic E-state index is 0. The van der Waals surface area contributed by atoms with Crippen LogP contribution < -0.4 is 0 Å². The number of hydrogen-bond donors (Lipinski definition) is 0. The van der Waals surface area contributed by atoms with Gasteiger partial charge in [-0.15, -0.1) is 0 Å². The molecule has 0 aromatic heterocycles. The van der Waals surface area contributed by atoms with Crippen molar-refractivity contribution in [3.63, 3.8) is 0 Å². The van der Waals surface area contributed by atoms with E-state index in [9.17, 15) is 4.79 Å². The lowest BCUT2D eigenvalue weighted by molar-refractivity contribution is -0.131. The Hall–Kier alpha value is -0.530. The number of nitrogens with zero attached hydrogens (tertiary/aromatic N) is 1. The van der Waals surface area contributed by atoms with Crippen molar-refractivity contribution >= 4 is 5.91 Å². The van der Waals surface area contributed by atoms with E-state index in [4.69, 9.17) is 0 Å². The van der Waals surface area contributed by atoms with Crippen LogP contribution in [0.5, 0.6) is 0 Å². The maximum Gasteiger partial charge on any atom is 1.00 e. The fraction of sp³-hybridized carbons (Fsp3) is 0.889. The van der Waals surface area contributed by atoms with Crippen molar-refractivity contribution < 1.29 is 6.22 Å². The van der Waals surface area contributed by atoms with Crippen molar-refractivity contribution in [2.24, 2.45) is 5.92 Å². The van der Waals surface area contributed by atoms with Crippen LogP contribution in [-0.4, -0.2) is 23.9 Å². The summed E-state index contributed by atoms with van der Waals surface area (Å²) in [4.78, 5) is 13.2. The van der Waals surface area contributed by atoms with Gasteiger partial charge in [-0.2, -0.15) is 0 Å². The molecular formula is C9H20NO+. The lowest BCUT2D eigenvalue weighted by atomic mass is 10.1. The summed E-state index contributed by atoms with van der Waals surface area (Å²) in [6.07, 6.45) is 0.682. The van der Waals surface area contributed by atoms with Crippen molar-refractivity contribution in [2.75, 3.05) is 13.1 Å². The van der Waals surface area contributed by atoms with Crippen molar-refractivity contribution in [2.45, 2.75) is 34.1 Å². The zero-order chi connectivity index (χ0) is 8.85. The smallest absolute Gasteiger partial charge is 0.343 e. The van der Waals surface area contributed by atoms with Gasteiger partial charge in [-0.25, -0.2) is 0 Å². The fourth-order valence-corrected chi connectivity index (χ4v) is 1.05. The van der Waals surface area contributed by atoms with Gasteiger partial charge >= 0.3 is 1.43 Å². The van der Waals surface area contributed by atoms with Crippen molar-refractivity contribution in [3.05, 3.63) is 0 Å². The summed E-state index contributed by atoms with van der Waals surface area (Å²) in [7, 11) is 0. The van der Waals surface area contributed by atoms with Gasteiger partial charge in [0.15, 0.2) is 0 Å². The van der Waals surface area contributed by atoms with Crippen LogP contribution in [0.3, 0.4) is 0 Å². The summed E-state index contributed by atoms with van der Waals surface area (Å²) in [5.74, 6) is 0.758. The lowest BCUT2D eigenvalue weighted by Crippen LogP contribution is -2.31. The predicted molar refractivity (Wildman–Crippen MR) is 48.5 cm³/mol. The van der Waals surface area contributed by atoms with E-state index < -0.39 is 0 Å². The molecule has 0 bridgehead atoms. The van der Waals surface area contributed by atoms with E-state index in [1.807, 2.05) is 18.7 Å². The van der Waals surface area contributed by atoms with Gasteiger partial charge in [0, 0.05) is 19.5 Å². The molecule has 0 aliphatic carbocycles. The first-order valence-corrected chi connectivity index (χ1v) is 4.39. The standard InChI is InChI=1S/C9H19NO/c1-5-10(6-2)9(11)7-8(3)4/h8H,5-7H2,1-4H3/p+1. The third-order valence-corrected chi connectivity index (χ3v) is 1.70. The van der Waals surface area contributed by atoms with Gasteiger partial charge in [0.1, 0.15) is 0 Å². The van der Waals surface area contributed by atoms with Crippen LogP contribution in [0, 0.1) is 5.92 Å². The van der Waals surface area contributed by atoms with E-state index >= 15 is 0 Å². The summed E-state index contributed by atoms with van der Waals surface area (Å²) in [6, 6.07) is 0. The molecule has 0 rings (SSSR count). The molecule has 0 saturated heterocycles. The van der Waals surface area contributed by atoms with Gasteiger partial charge in [-0.3, -0.25) is 4.79 Å². The Labute approximate surface area is 71.1 Å². The van der Waals surface area contributed by atoms with E-state index in [-0.39, 0.29) is 7.33 Å². The van der Waals surface area contributed by atoms with Crippen LogP contribution >= 0.6 is 0 Å². The molecule has 2 nitrogen and oxygen atoms in total. The molecule has 0 heterocycles. The quantitative estimate of drug-likeness (QED) is 0.613. The molecule has 0 aromatic carbocycles. The monoisotopic (exact) mass is 158 g/mol. The Balaban J connectivity index is 0. The molecule has 0 aliphatic heterocycles. The third-order valence-electron chi connectivity index (χ3n) is 1.70. The number of amides is 1. The van der Waals surface area contributed by atoms with E-state index in [1.165, 1.54) is 0 Å². The average Bonchev–Trinajstić information content (AvgIpc) is 1.88. The van der Waals surface area contributed by atoms with Gasteiger partial charge in [0.2, 0.25) is 5.91 Å². The van der Waals surface area contributed by atoms with Crippen molar-refractivity contribution in [3.8, 4) is 0 Å². The summed E-state index contributed by atoms with van der Waals surface area (Å²) >= 11 is 0. The van der Waals surface area contributed by atoms with Crippen LogP contribution in [0.1, 0.15) is 35.5 Å². The molecule has 0 aromatic rings. The minimum Gasteiger partial charge on any atom is -0.343 e. The van der Waals surface area contributed by atoms with Crippen molar-refractivity contribution in [1.82, 2.24) is 4.90 Å². The molecule has 0 saturated carbocycles. The molecule has 0 unspecified atom stereocenters. The fourth-order valence-electron chi connectivity index (χ4n) is 1.05. The van der Waals surface area contributed by atoms with Crippen LogP contribution in [0.25, 0.3) is 0 Å². The van der Waals surface area contributed by atoms with E-state index in [2.05, 4.69) is 13.8 Å². The highest BCUT2D eigenvalue weighted by Gasteiger charge is 2.10. The van der Waals surface area contributed by atoms with Gasteiger partial charge < -0.3 is 4.90 Å². The van der Waals surface area contributed by atoms with E-state index in [1.54, 1.807) is 0 Å². The Morgan fingerprint density at radius 2 is 1.82 bits per heavy atom. The Kier molecular flexibility index (Phi) is 4.92. The van der Waals surface area contributed by atoms with Crippen LogP contribution in [0.15, 0.2) is 0 Å². The predicted octanol–water partition coefficient (Wildman–Crippen LogP) is 2.01. The molecule has 0 spiro atoms. The highest BCUT2D eigenvalue weighted by atomic mass is 16.2. The van der Waals surface area contributed by atoms with E-state index in [0.29, 0.717) is 12.3 Å². The first kappa shape index (κ1) is 10.5. The molecule has 2 heteroatoms. The summed E-state index contributed by atoms with van der Waals surface area (Å²) in [6.45, 7) is 9.84. The molecule has 0 atom stereocenters. The second kappa shape index (κ2) is 5.16. The zero-order valence-corrected chi connectivity index (χ0v) is 8.05. The van der Waals surface area contributed by atoms with Crippen LogP contribution in [-0.2, 0) is 4.79 Å². The summed E-state index contributed by atoms with van der Waals surface area (Å²) < 4.78 is 0. The summed E-state index contributed by atoms with van der Waals surface area (Å²) in [5.41, 5.74) is 0. The molecule has 0 radical (unpaired) electrons. The second-order valence-electron chi connectivity index (χ2n) is 3.16. The molecule has 0 fully saturated rings. The molecular weight excluding hydrogens is 138 g/mol. The molecule has 0 aliphatic rings. The van der Waals surface area contributed by atoms with Gasteiger partial charge in [-0.1, -0.05) is 13.8 Å². The van der Waals surface area contributed by atoms with Crippen LogP contribution in [0.4, 0.5) is 0 Å². The highest BCUT2D eigenvalue weighted by molar-refractivity contribution is 5.76. The largest absolute Gasteiger partial charge is 1.00 e. The lowest BCUT2D eigenvalue weighted by Gasteiger charge is -2.19. The van der Waals surface area contributed by atoms with Gasteiger partial charge in [0.05, 0.1) is 0 Å². The maximum absolute atomic E-state index is 11.3. The normalized spacial score (nSPS) is 10.3. The first-order valence-electron chi connectivity index (χ1n) is 4.39. The molecule has 0 N–H and O–H groups in total. The second-order valence-corrected chi connectivity index (χ2v) is 3.16. The Bertz CT molecular complexity index is 122. The maximum atomic E-state index is 11.3. The highest BCUT2D eigenvalue weighted by Crippen LogP contribution is 2.03. The molecule has 1 amide bonds. The molecule has 66 valence electrons. The van der Waals surface area contributed by atoms with E-state index in [0.717, 1.165) is 13.1 Å². The average molecular weight is 158 g/mol. The molecule has 11 heavy (non-hydrogen) atoms. The zero-order valence-electron chi connectivity index (χ0n) is 9.05. The van der Waals surface area contributed by atoms with Gasteiger partial charge in [-0.05, 0) is 19.8 Å². The number of hydrogen-bond acceptors (Lipinski definition) is 1. The Morgan fingerprint density at radius 3 is 2.09 bits per heavy atom. The number of carbonyl (C=O) groups excluding carboxylic acids is 1. The van der Waals surface area contributed by atoms with Gasteiger partial charge in [0.25, 0.3) is 0 Å². The Morgan fingerprint density at radius 1 is 1.36 bits per heavy atom. The SMILES string of the molecule is CCN(CC)C(=O)CC(C)C.[H+].